The highest BCUT2D eigenvalue weighted by molar-refractivity contribution is 5.62. The van der Waals surface area contributed by atoms with Crippen molar-refractivity contribution in [3.05, 3.63) is 23.3 Å². The minimum atomic E-state index is 0.123. The Balaban J connectivity index is 2.28. The molecule has 0 saturated heterocycles. The fraction of sp³-hybridized carbons (Fsp3) is 0.400. The number of aliphatic hydroxyl groups excluding tert-OH is 2. The number of hydrogen-bond acceptors (Lipinski definition) is 3. The molecule has 1 aliphatic heterocycles. The van der Waals surface area contributed by atoms with Gasteiger partial charge in [-0.1, -0.05) is 6.07 Å². The van der Waals surface area contributed by atoms with Crippen LogP contribution in [-0.2, 0) is 12.8 Å². The van der Waals surface area contributed by atoms with Gasteiger partial charge in [0, 0.05) is 18.8 Å². The van der Waals surface area contributed by atoms with Gasteiger partial charge in [-0.15, -0.1) is 0 Å². The van der Waals surface area contributed by atoms with Crippen molar-refractivity contribution in [2.24, 2.45) is 0 Å². The third kappa shape index (κ3) is 1.53. The molecule has 1 aliphatic rings. The van der Waals surface area contributed by atoms with Gasteiger partial charge in [0.2, 0.25) is 0 Å². The summed E-state index contributed by atoms with van der Waals surface area (Å²) < 4.78 is 5.22. The lowest BCUT2D eigenvalue weighted by Gasteiger charge is -2.03. The molecule has 0 fully saturated rings. The third-order valence-electron chi connectivity index (χ3n) is 2.23. The number of benzene rings is 1. The van der Waals surface area contributed by atoms with E-state index in [1.807, 2.05) is 12.1 Å². The van der Waals surface area contributed by atoms with E-state index in [4.69, 9.17) is 14.9 Å². The maximum Gasteiger partial charge on any atom is 0.173 e. The summed E-state index contributed by atoms with van der Waals surface area (Å²) in [5, 5.41) is 17.7. The van der Waals surface area contributed by atoms with Crippen molar-refractivity contribution in [1.82, 2.24) is 0 Å². The summed E-state index contributed by atoms with van der Waals surface area (Å²) in [6.07, 6.45) is 1.24. The molecule has 0 atom stereocenters. The van der Waals surface area contributed by atoms with Crippen molar-refractivity contribution >= 4 is 0 Å². The predicted octanol–water partition coefficient (Wildman–Crippen LogP) is 0.862. The van der Waals surface area contributed by atoms with Crippen LogP contribution in [0.2, 0.25) is 0 Å². The Labute approximate surface area is 76.6 Å². The Morgan fingerprint density at radius 3 is 2.54 bits per heavy atom. The van der Waals surface area contributed by atoms with Crippen LogP contribution in [0.15, 0.2) is 12.1 Å². The van der Waals surface area contributed by atoms with Crippen molar-refractivity contribution < 1.29 is 14.9 Å². The van der Waals surface area contributed by atoms with E-state index in [2.05, 4.69) is 0 Å². The van der Waals surface area contributed by atoms with Gasteiger partial charge in [-0.3, -0.25) is 0 Å². The van der Waals surface area contributed by atoms with Crippen LogP contribution < -0.4 is 4.74 Å². The summed E-state index contributed by atoms with van der Waals surface area (Å²) in [4.78, 5) is 0. The molecule has 2 N–H and O–H groups in total. The van der Waals surface area contributed by atoms with E-state index >= 15 is 0 Å². The van der Waals surface area contributed by atoms with Gasteiger partial charge >= 0.3 is 0 Å². The predicted molar refractivity (Wildman–Crippen MR) is 48.1 cm³/mol. The zero-order chi connectivity index (χ0) is 9.26. The maximum atomic E-state index is 8.84. The second kappa shape index (κ2) is 3.36. The molecule has 0 radical (unpaired) electrons. The van der Waals surface area contributed by atoms with Crippen molar-refractivity contribution in [2.75, 3.05) is 13.2 Å². The number of hydrogen-bond donors (Lipinski definition) is 2. The van der Waals surface area contributed by atoms with Crippen LogP contribution in [0.5, 0.6) is 11.5 Å². The van der Waals surface area contributed by atoms with E-state index in [0.717, 1.165) is 22.6 Å². The third-order valence-corrected chi connectivity index (χ3v) is 2.23. The van der Waals surface area contributed by atoms with Gasteiger partial charge in [0.25, 0.3) is 0 Å². The lowest BCUT2D eigenvalue weighted by Crippen LogP contribution is -1.98. The van der Waals surface area contributed by atoms with Crippen LogP contribution in [0.4, 0.5) is 0 Å². The van der Waals surface area contributed by atoms with Crippen molar-refractivity contribution in [3.63, 3.8) is 0 Å². The maximum absolute atomic E-state index is 8.84. The highest BCUT2D eigenvalue weighted by Gasteiger charge is 2.25. The summed E-state index contributed by atoms with van der Waals surface area (Å²) >= 11 is 0. The van der Waals surface area contributed by atoms with Crippen LogP contribution in [0, 0.1) is 0 Å². The molecule has 0 saturated carbocycles. The first kappa shape index (κ1) is 8.53. The molecular weight excluding hydrogens is 168 g/mol. The molecule has 0 aliphatic carbocycles. The molecule has 0 spiro atoms. The Morgan fingerprint density at radius 1 is 1.08 bits per heavy atom. The van der Waals surface area contributed by atoms with E-state index < -0.39 is 0 Å². The average Bonchev–Trinajstić information content (AvgIpc) is 2.88. The van der Waals surface area contributed by atoms with Crippen molar-refractivity contribution in [1.29, 1.82) is 0 Å². The lowest BCUT2D eigenvalue weighted by molar-refractivity contribution is 0.293. The fourth-order valence-electron chi connectivity index (χ4n) is 1.57. The molecule has 70 valence electrons. The standard InChI is InChI=1S/C10H12O3/c11-5-3-7-1-2-9-10(13-9)8(7)4-6-12/h1-2,11-12H,3-6H2. The lowest BCUT2D eigenvalue weighted by atomic mass is 10.0. The molecular formula is C10H12O3. The zero-order valence-corrected chi connectivity index (χ0v) is 7.29. The molecule has 0 unspecified atom stereocenters. The minimum absolute atomic E-state index is 0.123. The molecule has 3 heteroatoms. The number of fused-ring (bicyclic) bond motifs is 1. The van der Waals surface area contributed by atoms with E-state index in [9.17, 15) is 0 Å². The van der Waals surface area contributed by atoms with Crippen molar-refractivity contribution in [2.45, 2.75) is 12.8 Å². The van der Waals surface area contributed by atoms with Gasteiger partial charge in [-0.25, -0.2) is 0 Å². The monoisotopic (exact) mass is 180 g/mol. The highest BCUT2D eigenvalue weighted by atomic mass is 16.6. The molecule has 13 heavy (non-hydrogen) atoms. The summed E-state index contributed by atoms with van der Waals surface area (Å²) in [5.74, 6) is 1.81. The largest absolute Gasteiger partial charge is 0.449 e. The zero-order valence-electron chi connectivity index (χ0n) is 7.29. The second-order valence-corrected chi connectivity index (χ2v) is 3.08. The number of rotatable bonds is 4. The fourth-order valence-corrected chi connectivity index (χ4v) is 1.57. The molecule has 1 heterocycles. The summed E-state index contributed by atoms with van der Waals surface area (Å²) in [5.41, 5.74) is 2.13. The van der Waals surface area contributed by atoms with Crippen molar-refractivity contribution in [3.8, 4) is 11.5 Å². The summed E-state index contributed by atoms with van der Waals surface area (Å²) in [6.45, 7) is 0.259. The molecule has 2 rings (SSSR count). The van der Waals surface area contributed by atoms with Gasteiger partial charge in [-0.2, -0.15) is 0 Å². The Morgan fingerprint density at radius 2 is 1.85 bits per heavy atom. The molecule has 0 aromatic heterocycles. The Kier molecular flexibility index (Phi) is 2.20. The van der Waals surface area contributed by atoms with Gasteiger partial charge in [0.05, 0.1) is 0 Å². The highest BCUT2D eigenvalue weighted by Crippen LogP contribution is 2.49. The first-order valence-corrected chi connectivity index (χ1v) is 4.41. The van der Waals surface area contributed by atoms with E-state index in [1.54, 1.807) is 0 Å². The molecule has 0 bridgehead atoms. The molecule has 1 aromatic rings. The van der Waals surface area contributed by atoms with E-state index in [0.29, 0.717) is 12.8 Å². The molecule has 3 nitrogen and oxygen atoms in total. The first-order chi connectivity index (χ1) is 6.36. The van der Waals surface area contributed by atoms with Gasteiger partial charge in [0.1, 0.15) is 0 Å². The second-order valence-electron chi connectivity index (χ2n) is 3.08. The van der Waals surface area contributed by atoms with Crippen LogP contribution in [0.25, 0.3) is 0 Å². The Hall–Kier alpha value is -1.06. The smallest absolute Gasteiger partial charge is 0.173 e. The van der Waals surface area contributed by atoms with E-state index in [1.165, 1.54) is 0 Å². The van der Waals surface area contributed by atoms with Gasteiger partial charge < -0.3 is 14.9 Å². The topological polar surface area (TPSA) is 53.0 Å². The van der Waals surface area contributed by atoms with Crippen LogP contribution in [0.3, 0.4) is 0 Å². The van der Waals surface area contributed by atoms with Crippen LogP contribution >= 0.6 is 0 Å². The van der Waals surface area contributed by atoms with Gasteiger partial charge in [0.15, 0.2) is 11.5 Å². The normalized spacial score (nSPS) is 12.2. The quantitative estimate of drug-likeness (QED) is 0.686. The van der Waals surface area contributed by atoms with Gasteiger partial charge in [-0.05, 0) is 24.5 Å². The minimum Gasteiger partial charge on any atom is -0.449 e. The van der Waals surface area contributed by atoms with Crippen LogP contribution in [-0.4, -0.2) is 23.4 Å². The van der Waals surface area contributed by atoms with E-state index in [-0.39, 0.29) is 13.2 Å². The summed E-state index contributed by atoms with van der Waals surface area (Å²) in [7, 11) is 0. The average molecular weight is 180 g/mol. The number of ether oxygens (including phenoxy) is 1. The number of aliphatic hydroxyl groups is 2. The first-order valence-electron chi connectivity index (χ1n) is 4.41. The van der Waals surface area contributed by atoms with Crippen LogP contribution in [0.1, 0.15) is 11.1 Å². The Bertz CT molecular complexity index is 320. The molecule has 0 amide bonds. The SMILES string of the molecule is OCCc1ccc2c(c1CCO)O2. The summed E-state index contributed by atoms with van der Waals surface area (Å²) in [6, 6.07) is 3.86. The molecule has 1 aromatic carbocycles.